The Hall–Kier alpha value is -0.670. The summed E-state index contributed by atoms with van der Waals surface area (Å²) in [5.74, 6) is 3.78. The van der Waals surface area contributed by atoms with Crippen LogP contribution in [0.1, 0.15) is 24.9 Å². The first-order chi connectivity index (χ1) is 7.77. The molecule has 1 saturated heterocycles. The summed E-state index contributed by atoms with van der Waals surface area (Å²) in [6, 6.07) is 7.79. The maximum atomic E-state index is 9.73. The number of benzene rings is 1. The zero-order valence-electron chi connectivity index (χ0n) is 9.65. The minimum Gasteiger partial charge on any atom is -0.508 e. The van der Waals surface area contributed by atoms with Crippen molar-refractivity contribution in [3.63, 3.8) is 0 Å². The van der Waals surface area contributed by atoms with E-state index in [2.05, 4.69) is 12.2 Å². The number of hydrogen-bond acceptors (Lipinski definition) is 3. The molecule has 1 fully saturated rings. The molecule has 1 aromatic rings. The Morgan fingerprint density at radius 2 is 2.31 bits per heavy atom. The third-order valence-electron chi connectivity index (χ3n) is 3.14. The molecule has 2 rings (SSSR count). The van der Waals surface area contributed by atoms with Gasteiger partial charge in [0.15, 0.2) is 0 Å². The van der Waals surface area contributed by atoms with Crippen molar-refractivity contribution in [2.24, 2.45) is 5.92 Å². The number of phenolic OH excluding ortho intramolecular Hbond substituents is 1. The van der Waals surface area contributed by atoms with Crippen molar-refractivity contribution in [2.45, 2.75) is 19.4 Å². The lowest BCUT2D eigenvalue weighted by atomic mass is 10.1. The minimum atomic E-state index is 0.229. The molecule has 0 radical (unpaired) electrons. The van der Waals surface area contributed by atoms with E-state index in [-0.39, 0.29) is 6.04 Å². The predicted molar refractivity (Wildman–Crippen MR) is 70.0 cm³/mol. The van der Waals surface area contributed by atoms with Gasteiger partial charge >= 0.3 is 0 Å². The smallest absolute Gasteiger partial charge is 0.120 e. The van der Waals surface area contributed by atoms with Gasteiger partial charge in [0.25, 0.3) is 0 Å². The number of hydrogen-bond donors (Lipinski definition) is 2. The van der Waals surface area contributed by atoms with Gasteiger partial charge in [-0.25, -0.2) is 0 Å². The van der Waals surface area contributed by atoms with Crippen LogP contribution in [0, 0.1) is 5.92 Å². The molecule has 1 aliphatic heterocycles. The maximum Gasteiger partial charge on any atom is 0.120 e. The number of phenols is 1. The van der Waals surface area contributed by atoms with Crippen LogP contribution in [0.4, 0.5) is 0 Å². The quantitative estimate of drug-likeness (QED) is 0.844. The van der Waals surface area contributed by atoms with E-state index in [9.17, 15) is 5.11 Å². The molecule has 0 aromatic heterocycles. The van der Waals surface area contributed by atoms with E-state index in [0.29, 0.717) is 5.75 Å². The van der Waals surface area contributed by atoms with Crippen LogP contribution in [0.25, 0.3) is 0 Å². The van der Waals surface area contributed by atoms with Gasteiger partial charge in [-0.15, -0.1) is 0 Å². The van der Waals surface area contributed by atoms with Gasteiger partial charge in [-0.2, -0.15) is 11.8 Å². The molecule has 2 unspecified atom stereocenters. The van der Waals surface area contributed by atoms with Crippen LogP contribution < -0.4 is 5.32 Å². The SMILES string of the molecule is CC(NCC1CCSC1)c1ccccc1O. The Morgan fingerprint density at radius 1 is 1.50 bits per heavy atom. The van der Waals surface area contributed by atoms with Gasteiger partial charge in [0, 0.05) is 11.6 Å². The Balaban J connectivity index is 1.87. The lowest BCUT2D eigenvalue weighted by molar-refractivity contribution is 0.437. The van der Waals surface area contributed by atoms with Gasteiger partial charge < -0.3 is 10.4 Å². The van der Waals surface area contributed by atoms with Gasteiger partial charge in [-0.1, -0.05) is 18.2 Å². The van der Waals surface area contributed by atoms with E-state index < -0.39 is 0 Å². The van der Waals surface area contributed by atoms with E-state index >= 15 is 0 Å². The fraction of sp³-hybridized carbons (Fsp3) is 0.538. The third kappa shape index (κ3) is 2.92. The van der Waals surface area contributed by atoms with Crippen molar-refractivity contribution in [1.29, 1.82) is 0 Å². The highest BCUT2D eigenvalue weighted by molar-refractivity contribution is 7.99. The summed E-state index contributed by atoms with van der Waals surface area (Å²) in [5.41, 5.74) is 0.994. The highest BCUT2D eigenvalue weighted by Crippen LogP contribution is 2.26. The van der Waals surface area contributed by atoms with Gasteiger partial charge in [-0.3, -0.25) is 0 Å². The second-order valence-electron chi connectivity index (χ2n) is 4.42. The summed E-state index contributed by atoms with van der Waals surface area (Å²) in [5, 5.41) is 13.2. The molecule has 3 heteroatoms. The number of rotatable bonds is 4. The monoisotopic (exact) mass is 237 g/mol. The molecule has 2 nitrogen and oxygen atoms in total. The van der Waals surface area contributed by atoms with Crippen molar-refractivity contribution in [1.82, 2.24) is 5.32 Å². The van der Waals surface area contributed by atoms with Gasteiger partial charge in [0.2, 0.25) is 0 Å². The average molecular weight is 237 g/mol. The van der Waals surface area contributed by atoms with Gasteiger partial charge in [0.05, 0.1) is 0 Å². The second kappa shape index (κ2) is 5.60. The molecule has 0 amide bonds. The van der Waals surface area contributed by atoms with Crippen LogP contribution in [-0.2, 0) is 0 Å². The van der Waals surface area contributed by atoms with Gasteiger partial charge in [0.1, 0.15) is 5.75 Å². The van der Waals surface area contributed by atoms with E-state index in [0.717, 1.165) is 18.0 Å². The van der Waals surface area contributed by atoms with Crippen molar-refractivity contribution >= 4 is 11.8 Å². The third-order valence-corrected chi connectivity index (χ3v) is 4.37. The lowest BCUT2D eigenvalue weighted by Crippen LogP contribution is -2.25. The molecule has 88 valence electrons. The molecule has 0 aliphatic carbocycles. The molecule has 0 bridgehead atoms. The zero-order chi connectivity index (χ0) is 11.4. The van der Waals surface area contributed by atoms with Crippen LogP contribution in [0.5, 0.6) is 5.75 Å². The normalized spacial score (nSPS) is 22.2. The van der Waals surface area contributed by atoms with E-state index in [4.69, 9.17) is 0 Å². The Bertz CT molecular complexity index is 336. The van der Waals surface area contributed by atoms with Gasteiger partial charge in [-0.05, 0) is 43.4 Å². The Morgan fingerprint density at radius 3 is 3.00 bits per heavy atom. The molecule has 2 atom stereocenters. The highest BCUT2D eigenvalue weighted by Gasteiger charge is 2.17. The predicted octanol–water partition coefficient (Wildman–Crippen LogP) is 2.80. The molecule has 0 spiro atoms. The largest absolute Gasteiger partial charge is 0.508 e. The molecule has 1 heterocycles. The Kier molecular flexibility index (Phi) is 4.13. The first kappa shape index (κ1) is 11.8. The molecule has 2 N–H and O–H groups in total. The van der Waals surface area contributed by atoms with E-state index in [1.54, 1.807) is 6.07 Å². The Labute approximate surface area is 101 Å². The molecule has 1 aromatic carbocycles. The van der Waals surface area contributed by atoms with Crippen LogP contribution in [-0.4, -0.2) is 23.2 Å². The van der Waals surface area contributed by atoms with Crippen LogP contribution >= 0.6 is 11.8 Å². The molecular formula is C13H19NOS. The summed E-state index contributed by atoms with van der Waals surface area (Å²) in [7, 11) is 0. The topological polar surface area (TPSA) is 32.3 Å². The van der Waals surface area contributed by atoms with Crippen LogP contribution in [0.2, 0.25) is 0 Å². The van der Waals surface area contributed by atoms with Crippen molar-refractivity contribution in [3.8, 4) is 5.75 Å². The molecule has 16 heavy (non-hydrogen) atoms. The van der Waals surface area contributed by atoms with Crippen LogP contribution in [0.15, 0.2) is 24.3 Å². The molecular weight excluding hydrogens is 218 g/mol. The molecule has 1 aliphatic rings. The summed E-state index contributed by atoms with van der Waals surface area (Å²) < 4.78 is 0. The second-order valence-corrected chi connectivity index (χ2v) is 5.57. The van der Waals surface area contributed by atoms with Crippen molar-refractivity contribution in [3.05, 3.63) is 29.8 Å². The summed E-state index contributed by atoms with van der Waals surface area (Å²) >= 11 is 2.04. The highest BCUT2D eigenvalue weighted by atomic mass is 32.2. The van der Waals surface area contributed by atoms with E-state index in [1.807, 2.05) is 30.0 Å². The summed E-state index contributed by atoms with van der Waals surface area (Å²) in [6.45, 7) is 3.17. The summed E-state index contributed by atoms with van der Waals surface area (Å²) in [4.78, 5) is 0. The first-order valence-electron chi connectivity index (χ1n) is 5.86. The molecule has 0 saturated carbocycles. The van der Waals surface area contributed by atoms with E-state index in [1.165, 1.54) is 17.9 Å². The maximum absolute atomic E-state index is 9.73. The van der Waals surface area contributed by atoms with Crippen LogP contribution in [0.3, 0.4) is 0 Å². The summed E-state index contributed by atoms with van der Waals surface area (Å²) in [6.07, 6.45) is 1.32. The first-order valence-corrected chi connectivity index (χ1v) is 7.02. The zero-order valence-corrected chi connectivity index (χ0v) is 10.5. The van der Waals surface area contributed by atoms with Crippen molar-refractivity contribution in [2.75, 3.05) is 18.1 Å². The number of aromatic hydroxyl groups is 1. The average Bonchev–Trinajstić information content (AvgIpc) is 2.79. The fourth-order valence-corrected chi connectivity index (χ4v) is 3.34. The number of para-hydroxylation sites is 1. The minimum absolute atomic E-state index is 0.229. The fourth-order valence-electron chi connectivity index (χ4n) is 2.05. The standard InChI is InChI=1S/C13H19NOS/c1-10(12-4-2-3-5-13(12)15)14-8-11-6-7-16-9-11/h2-5,10-11,14-15H,6-9H2,1H3. The lowest BCUT2D eigenvalue weighted by Gasteiger charge is -2.17. The van der Waals surface area contributed by atoms with Crippen molar-refractivity contribution < 1.29 is 5.11 Å². The number of thioether (sulfide) groups is 1. The number of nitrogens with one attached hydrogen (secondary N) is 1.